The van der Waals surface area contributed by atoms with Gasteiger partial charge in [-0.15, -0.1) is 0 Å². The zero-order valence-corrected chi connectivity index (χ0v) is 10.2. The maximum atomic E-state index is 10.3. The Hall–Kier alpha value is -2.15. The SMILES string of the molecule is O=C(O)C1CCOCC1.O=C(O)c1ccc(O)nc1. The molecule has 1 aliphatic rings. The molecule has 0 saturated carbocycles. The molecular formula is C12H15NO6. The van der Waals surface area contributed by atoms with Crippen LogP contribution in [0.2, 0.25) is 0 Å². The van der Waals surface area contributed by atoms with Gasteiger partial charge in [0.25, 0.3) is 0 Å². The van der Waals surface area contributed by atoms with Gasteiger partial charge in [0.2, 0.25) is 5.88 Å². The second-order valence-electron chi connectivity index (χ2n) is 3.94. The molecule has 1 fully saturated rings. The minimum Gasteiger partial charge on any atom is -0.493 e. The quantitative estimate of drug-likeness (QED) is 0.732. The summed E-state index contributed by atoms with van der Waals surface area (Å²) in [5, 5.41) is 25.5. The summed E-state index contributed by atoms with van der Waals surface area (Å²) in [6.45, 7) is 1.22. The molecule has 0 atom stereocenters. The van der Waals surface area contributed by atoms with Crippen molar-refractivity contribution in [1.82, 2.24) is 4.98 Å². The van der Waals surface area contributed by atoms with Gasteiger partial charge in [0.15, 0.2) is 0 Å². The Balaban J connectivity index is 0.000000191. The van der Waals surface area contributed by atoms with Crippen molar-refractivity contribution in [2.45, 2.75) is 12.8 Å². The maximum Gasteiger partial charge on any atom is 0.337 e. The molecule has 0 bridgehead atoms. The number of hydrogen-bond donors (Lipinski definition) is 3. The smallest absolute Gasteiger partial charge is 0.337 e. The normalized spacial score (nSPS) is 15.2. The number of nitrogens with zero attached hydrogens (tertiary/aromatic N) is 1. The lowest BCUT2D eigenvalue weighted by Crippen LogP contribution is -2.22. The van der Waals surface area contributed by atoms with E-state index in [0.29, 0.717) is 26.1 Å². The minimum atomic E-state index is -1.05. The van der Waals surface area contributed by atoms with Crippen molar-refractivity contribution in [3.8, 4) is 5.88 Å². The average Bonchev–Trinajstić information content (AvgIpc) is 2.41. The fourth-order valence-electron chi connectivity index (χ4n) is 1.46. The van der Waals surface area contributed by atoms with E-state index < -0.39 is 11.9 Å². The highest BCUT2D eigenvalue weighted by Gasteiger charge is 2.19. The van der Waals surface area contributed by atoms with Gasteiger partial charge in [-0.2, -0.15) is 0 Å². The van der Waals surface area contributed by atoms with Crippen LogP contribution in [0.3, 0.4) is 0 Å². The minimum absolute atomic E-state index is 0.0674. The highest BCUT2D eigenvalue weighted by Crippen LogP contribution is 2.13. The van der Waals surface area contributed by atoms with E-state index in [1.54, 1.807) is 0 Å². The van der Waals surface area contributed by atoms with Crippen LogP contribution in [0.15, 0.2) is 18.3 Å². The lowest BCUT2D eigenvalue weighted by Gasteiger charge is -2.17. The lowest BCUT2D eigenvalue weighted by molar-refractivity contribution is -0.144. The average molecular weight is 269 g/mol. The monoisotopic (exact) mass is 269 g/mol. The van der Waals surface area contributed by atoms with E-state index in [1.165, 1.54) is 12.1 Å². The van der Waals surface area contributed by atoms with Crippen LogP contribution < -0.4 is 0 Å². The molecule has 1 aromatic rings. The molecule has 0 amide bonds. The highest BCUT2D eigenvalue weighted by atomic mass is 16.5. The fraction of sp³-hybridized carbons (Fsp3) is 0.417. The Morgan fingerprint density at radius 3 is 2.21 bits per heavy atom. The second-order valence-corrected chi connectivity index (χ2v) is 3.94. The van der Waals surface area contributed by atoms with Gasteiger partial charge in [-0.3, -0.25) is 4.79 Å². The molecule has 1 saturated heterocycles. The molecule has 104 valence electrons. The maximum absolute atomic E-state index is 10.3. The predicted octanol–water partition coefficient (Wildman–Crippen LogP) is 0.983. The molecule has 0 spiro atoms. The largest absolute Gasteiger partial charge is 0.493 e. The van der Waals surface area contributed by atoms with Gasteiger partial charge in [-0.25, -0.2) is 9.78 Å². The molecule has 7 nitrogen and oxygen atoms in total. The first-order chi connectivity index (χ1) is 9.00. The van der Waals surface area contributed by atoms with E-state index >= 15 is 0 Å². The summed E-state index contributed by atoms with van der Waals surface area (Å²) in [6, 6.07) is 2.51. The molecular weight excluding hydrogens is 254 g/mol. The number of carbonyl (C=O) groups is 2. The van der Waals surface area contributed by atoms with Crippen molar-refractivity contribution in [2.75, 3.05) is 13.2 Å². The molecule has 1 aromatic heterocycles. The predicted molar refractivity (Wildman–Crippen MR) is 64.0 cm³/mol. The molecule has 0 unspecified atom stereocenters. The molecule has 1 aliphatic heterocycles. The summed E-state index contributed by atoms with van der Waals surface area (Å²) in [4.78, 5) is 23.9. The van der Waals surface area contributed by atoms with Gasteiger partial charge in [0, 0.05) is 25.5 Å². The van der Waals surface area contributed by atoms with Gasteiger partial charge < -0.3 is 20.1 Å². The van der Waals surface area contributed by atoms with Gasteiger partial charge in [0.05, 0.1) is 11.5 Å². The van der Waals surface area contributed by atoms with E-state index in [0.717, 1.165) is 6.20 Å². The number of aromatic nitrogens is 1. The summed E-state index contributed by atoms with van der Waals surface area (Å²) in [6.07, 6.45) is 2.45. The van der Waals surface area contributed by atoms with Crippen molar-refractivity contribution in [3.63, 3.8) is 0 Å². The van der Waals surface area contributed by atoms with Crippen LogP contribution in [-0.2, 0) is 9.53 Å². The molecule has 2 rings (SSSR count). The Bertz CT molecular complexity index is 424. The number of rotatable bonds is 2. The zero-order valence-electron chi connectivity index (χ0n) is 10.2. The molecule has 2 heterocycles. The van der Waals surface area contributed by atoms with Crippen LogP contribution in [-0.4, -0.2) is 45.5 Å². The zero-order chi connectivity index (χ0) is 14.3. The number of pyridine rings is 1. The number of aliphatic carboxylic acids is 1. The van der Waals surface area contributed by atoms with Crippen molar-refractivity contribution >= 4 is 11.9 Å². The number of carboxylic acids is 2. The number of aromatic hydroxyl groups is 1. The Morgan fingerprint density at radius 2 is 1.84 bits per heavy atom. The third-order valence-electron chi connectivity index (χ3n) is 2.57. The van der Waals surface area contributed by atoms with E-state index in [9.17, 15) is 9.59 Å². The molecule has 0 aliphatic carbocycles. The third-order valence-corrected chi connectivity index (χ3v) is 2.57. The van der Waals surface area contributed by atoms with Crippen molar-refractivity contribution in [3.05, 3.63) is 23.9 Å². The number of carboxylic acid groups (broad SMARTS) is 2. The number of aromatic carboxylic acids is 1. The highest BCUT2D eigenvalue weighted by molar-refractivity contribution is 5.87. The topological polar surface area (TPSA) is 117 Å². The van der Waals surface area contributed by atoms with Crippen molar-refractivity contribution in [1.29, 1.82) is 0 Å². The standard InChI is InChI=1S/C6H5NO3.C6H10O3/c8-5-2-1-4(3-7-5)6(9)10;7-6(8)5-1-3-9-4-2-5/h1-3H,(H,7,8)(H,9,10);5H,1-4H2,(H,7,8). The van der Waals surface area contributed by atoms with Gasteiger partial charge >= 0.3 is 11.9 Å². The van der Waals surface area contributed by atoms with Crippen molar-refractivity contribution in [2.24, 2.45) is 5.92 Å². The Kier molecular flexibility index (Phi) is 5.74. The van der Waals surface area contributed by atoms with Crippen LogP contribution in [0.1, 0.15) is 23.2 Å². The van der Waals surface area contributed by atoms with Crippen molar-refractivity contribution < 1.29 is 29.6 Å². The summed E-state index contributed by atoms with van der Waals surface area (Å²) in [5.74, 6) is -2.06. The molecule has 0 radical (unpaired) electrons. The number of hydrogen-bond acceptors (Lipinski definition) is 5. The van der Waals surface area contributed by atoms with E-state index in [4.69, 9.17) is 20.1 Å². The molecule has 19 heavy (non-hydrogen) atoms. The molecule has 7 heteroatoms. The van der Waals surface area contributed by atoms with E-state index in [2.05, 4.69) is 4.98 Å². The van der Waals surface area contributed by atoms with Gasteiger partial charge in [-0.05, 0) is 18.9 Å². The number of ether oxygens (including phenoxy) is 1. The molecule has 0 aromatic carbocycles. The Labute approximate surface area is 109 Å². The summed E-state index contributed by atoms with van der Waals surface area (Å²) in [5.41, 5.74) is 0.0674. The first-order valence-corrected chi connectivity index (χ1v) is 5.69. The lowest BCUT2D eigenvalue weighted by atomic mass is 10.0. The summed E-state index contributed by atoms with van der Waals surface area (Å²) in [7, 11) is 0. The molecule has 3 N–H and O–H groups in total. The van der Waals surface area contributed by atoms with Gasteiger partial charge in [0.1, 0.15) is 0 Å². The fourth-order valence-corrected chi connectivity index (χ4v) is 1.46. The van der Waals surface area contributed by atoms with E-state index in [-0.39, 0.29) is 17.4 Å². The van der Waals surface area contributed by atoms with Gasteiger partial charge in [-0.1, -0.05) is 0 Å². The third kappa shape index (κ3) is 5.35. The Morgan fingerprint density at radius 1 is 1.21 bits per heavy atom. The summed E-state index contributed by atoms with van der Waals surface area (Å²) >= 11 is 0. The van der Waals surface area contributed by atoms with E-state index in [1.807, 2.05) is 0 Å². The van der Waals surface area contributed by atoms with Crippen LogP contribution in [0.4, 0.5) is 0 Å². The van der Waals surface area contributed by atoms with Crippen LogP contribution in [0, 0.1) is 5.92 Å². The van der Waals surface area contributed by atoms with Crippen LogP contribution >= 0.6 is 0 Å². The van der Waals surface area contributed by atoms with Crippen LogP contribution in [0.5, 0.6) is 5.88 Å². The van der Waals surface area contributed by atoms with Crippen LogP contribution in [0.25, 0.3) is 0 Å². The first kappa shape index (κ1) is 14.9. The second kappa shape index (κ2) is 7.32. The first-order valence-electron chi connectivity index (χ1n) is 5.69. The summed E-state index contributed by atoms with van der Waals surface area (Å²) < 4.78 is 4.99.